The third-order valence-electron chi connectivity index (χ3n) is 19.0. The molecule has 352 valence electrons. The number of anilines is 3. The third kappa shape index (κ3) is 8.47. The Kier molecular flexibility index (Phi) is 12.8. The monoisotopic (exact) mass is 890 g/mol. The van der Waals surface area contributed by atoms with Crippen LogP contribution in [0.1, 0.15) is 98.8 Å². The highest BCUT2D eigenvalue weighted by atomic mass is 16.5. The van der Waals surface area contributed by atoms with Crippen molar-refractivity contribution in [3.05, 3.63) is 85.7 Å². The normalized spacial score (nSPS) is 33.3. The zero-order valence-electron chi connectivity index (χ0n) is 41.8. The third-order valence-corrected chi connectivity index (χ3v) is 19.0. The van der Waals surface area contributed by atoms with Crippen molar-refractivity contribution in [1.29, 1.82) is 0 Å². The summed E-state index contributed by atoms with van der Waals surface area (Å²) >= 11 is 0. The number of nitrogens with zero attached hydrogens (tertiary/aromatic N) is 6. The molecule has 5 aliphatic carbocycles. The molecule has 0 radical (unpaired) electrons. The van der Waals surface area contributed by atoms with E-state index in [0.29, 0.717) is 36.2 Å². The molecule has 3 aromatic rings. The molecular formula is C55H81N6O4+3. The quantitative estimate of drug-likeness (QED) is 0.0974. The van der Waals surface area contributed by atoms with Crippen molar-refractivity contribution in [1.82, 2.24) is 0 Å². The molecule has 0 aliphatic heterocycles. The van der Waals surface area contributed by atoms with Crippen LogP contribution in [-0.2, 0) is 38.7 Å². The van der Waals surface area contributed by atoms with Gasteiger partial charge in [-0.1, -0.05) is 41.2 Å². The average molecular weight is 890 g/mol. The van der Waals surface area contributed by atoms with E-state index in [1.165, 1.54) is 30.5 Å². The fourth-order valence-corrected chi connectivity index (χ4v) is 15.3. The fraction of sp³-hybridized carbons (Fsp3) is 0.655. The van der Waals surface area contributed by atoms with Crippen LogP contribution in [0.2, 0.25) is 0 Å². The first kappa shape index (κ1) is 47.0. The lowest BCUT2D eigenvalue weighted by Crippen LogP contribution is -2.67. The summed E-state index contributed by atoms with van der Waals surface area (Å²) in [5.41, 5.74) is 4.99. The molecule has 0 bridgehead atoms. The zero-order valence-corrected chi connectivity index (χ0v) is 41.8. The Morgan fingerprint density at radius 2 is 1.12 bits per heavy atom. The van der Waals surface area contributed by atoms with Gasteiger partial charge in [0.15, 0.2) is 43.7 Å². The van der Waals surface area contributed by atoms with Gasteiger partial charge in [-0.2, -0.15) is 9.13 Å². The minimum atomic E-state index is -0.156. The van der Waals surface area contributed by atoms with Gasteiger partial charge in [0.25, 0.3) is 0 Å². The van der Waals surface area contributed by atoms with Crippen LogP contribution in [0.3, 0.4) is 0 Å². The standard InChI is InChI=1S/C55H81N6O4/c1-39(35-59-29-18-40(19-30-59)56(7)8)43-15-26-55(38-64-48(62)36-60-31-20-41(21-32-60)57(9)10)28-27-53(5)44(50(43)55)13-14-46-52(4)24-17-47(51(2,3)45(52)16-25-54(46,53)6)65-49(63)37-61-33-22-42(23-34-61)58(11)12/h18-23,29-34,43-47,50H,1,13-17,24-28,35-38H2,2-12H3/q+3/t43?,44?,45?,46?,47-,50?,52-,53+,54+,55+/m0/s1. The van der Waals surface area contributed by atoms with E-state index >= 15 is 0 Å². The first-order valence-corrected chi connectivity index (χ1v) is 24.7. The van der Waals surface area contributed by atoms with Crippen molar-refractivity contribution >= 4 is 29.0 Å². The number of esters is 2. The van der Waals surface area contributed by atoms with Crippen molar-refractivity contribution in [2.24, 2.45) is 56.7 Å². The molecule has 5 saturated carbocycles. The molecule has 3 heterocycles. The van der Waals surface area contributed by atoms with Gasteiger partial charge in [0.2, 0.25) is 13.1 Å². The lowest BCUT2D eigenvalue weighted by atomic mass is 9.32. The van der Waals surface area contributed by atoms with Crippen molar-refractivity contribution in [2.75, 3.05) is 63.6 Å². The number of hydrogen-bond acceptors (Lipinski definition) is 7. The number of hydrogen-bond donors (Lipinski definition) is 0. The summed E-state index contributed by atoms with van der Waals surface area (Å²) in [7, 11) is 12.3. The van der Waals surface area contributed by atoms with Crippen LogP contribution in [0.25, 0.3) is 0 Å². The first-order valence-electron chi connectivity index (χ1n) is 24.7. The van der Waals surface area contributed by atoms with Gasteiger partial charge in [0.05, 0.1) is 6.61 Å². The molecule has 0 saturated heterocycles. The van der Waals surface area contributed by atoms with Gasteiger partial charge >= 0.3 is 11.9 Å². The number of allylic oxidation sites excluding steroid dienone is 1. The van der Waals surface area contributed by atoms with Gasteiger partial charge in [-0.15, -0.1) is 0 Å². The molecule has 10 nitrogen and oxygen atoms in total. The lowest BCUT2D eigenvalue weighted by molar-refractivity contribution is -0.689. The molecule has 10 atom stereocenters. The maximum Gasteiger partial charge on any atom is 0.372 e. The van der Waals surface area contributed by atoms with Crippen LogP contribution in [0.5, 0.6) is 0 Å². The molecule has 0 N–H and O–H groups in total. The van der Waals surface area contributed by atoms with Gasteiger partial charge in [-0.25, -0.2) is 14.2 Å². The Hall–Kier alpha value is -4.47. The minimum Gasteiger partial charge on any atom is -0.460 e. The van der Waals surface area contributed by atoms with Crippen LogP contribution < -0.4 is 28.4 Å². The fourth-order valence-electron chi connectivity index (χ4n) is 15.3. The molecule has 3 aromatic heterocycles. The summed E-state index contributed by atoms with van der Waals surface area (Å²) in [4.78, 5) is 33.5. The summed E-state index contributed by atoms with van der Waals surface area (Å²) in [6.07, 6.45) is 23.4. The van der Waals surface area contributed by atoms with Crippen LogP contribution in [-0.4, -0.2) is 66.9 Å². The number of carbonyl (C=O) groups is 2. The molecular weight excluding hydrogens is 809 g/mol. The highest BCUT2D eigenvalue weighted by molar-refractivity contribution is 5.68. The smallest absolute Gasteiger partial charge is 0.372 e. The number of carbonyl (C=O) groups excluding carboxylic acids is 2. The van der Waals surface area contributed by atoms with E-state index in [9.17, 15) is 9.59 Å². The zero-order chi connectivity index (χ0) is 46.7. The predicted octanol–water partition coefficient (Wildman–Crippen LogP) is 8.24. The molecule has 0 spiro atoms. The molecule has 0 aromatic carbocycles. The molecule has 5 aliphatic rings. The predicted molar refractivity (Wildman–Crippen MR) is 257 cm³/mol. The molecule has 8 rings (SSSR count). The molecule has 10 heteroatoms. The van der Waals surface area contributed by atoms with Crippen LogP contribution in [0, 0.1) is 56.7 Å². The van der Waals surface area contributed by atoms with Crippen molar-refractivity contribution in [3.8, 4) is 0 Å². The van der Waals surface area contributed by atoms with Gasteiger partial charge < -0.3 is 24.2 Å². The van der Waals surface area contributed by atoms with Gasteiger partial charge in [0, 0.05) is 107 Å². The minimum absolute atomic E-state index is 0.0623. The molecule has 65 heavy (non-hydrogen) atoms. The summed E-state index contributed by atoms with van der Waals surface area (Å²) < 4.78 is 19.1. The molecule has 5 unspecified atom stereocenters. The van der Waals surface area contributed by atoms with E-state index in [4.69, 9.17) is 16.1 Å². The largest absolute Gasteiger partial charge is 0.460 e. The Bertz CT molecular complexity index is 2210. The second kappa shape index (κ2) is 17.6. The van der Waals surface area contributed by atoms with Crippen LogP contribution in [0.15, 0.2) is 85.7 Å². The van der Waals surface area contributed by atoms with E-state index in [2.05, 4.69) is 92.5 Å². The lowest BCUT2D eigenvalue weighted by Gasteiger charge is -2.73. The van der Waals surface area contributed by atoms with E-state index in [1.54, 1.807) is 0 Å². The SMILES string of the molecule is C=C(C[n+]1ccc(N(C)C)cc1)C1CC[C@]2(COC(=O)C[n+]3ccc(N(C)C)cc3)CC[C@]3(C)C(CCC4[C@@]5(C)CC[C@H](OC(=O)C[n+]6ccc(N(C)C)cc6)C(C)(C)C5CC[C@]43C)C12. The highest BCUT2D eigenvalue weighted by Crippen LogP contribution is 2.77. The van der Waals surface area contributed by atoms with E-state index in [-0.39, 0.29) is 58.2 Å². The van der Waals surface area contributed by atoms with Crippen LogP contribution >= 0.6 is 0 Å². The summed E-state index contributed by atoms with van der Waals surface area (Å²) in [6.45, 7) is 19.4. The van der Waals surface area contributed by atoms with E-state index in [1.807, 2.05) is 86.4 Å². The second-order valence-electron chi connectivity index (χ2n) is 23.2. The number of rotatable bonds is 13. The van der Waals surface area contributed by atoms with Crippen LogP contribution in [0.4, 0.5) is 17.1 Å². The highest BCUT2D eigenvalue weighted by Gasteiger charge is 2.71. The summed E-state index contributed by atoms with van der Waals surface area (Å²) in [5, 5.41) is 0. The maximum atomic E-state index is 13.7. The molecule has 5 fully saturated rings. The number of ether oxygens (including phenoxy) is 2. The summed E-state index contributed by atoms with van der Waals surface area (Å²) in [6, 6.07) is 12.6. The average Bonchev–Trinajstić information content (AvgIpc) is 3.65. The second-order valence-corrected chi connectivity index (χ2v) is 23.2. The number of fused-ring (bicyclic) bond motifs is 7. The van der Waals surface area contributed by atoms with Crippen molar-refractivity contribution in [3.63, 3.8) is 0 Å². The van der Waals surface area contributed by atoms with Crippen molar-refractivity contribution in [2.45, 2.75) is 125 Å². The first-order chi connectivity index (χ1) is 30.7. The Morgan fingerprint density at radius 3 is 1.66 bits per heavy atom. The number of aromatic nitrogens is 3. The maximum absolute atomic E-state index is 13.7. The Balaban J connectivity index is 1.02. The van der Waals surface area contributed by atoms with Crippen molar-refractivity contribution < 1.29 is 32.8 Å². The van der Waals surface area contributed by atoms with Gasteiger partial charge in [-0.3, -0.25) is 0 Å². The van der Waals surface area contributed by atoms with E-state index < -0.39 is 0 Å². The van der Waals surface area contributed by atoms with E-state index in [0.717, 1.165) is 62.9 Å². The van der Waals surface area contributed by atoms with Gasteiger partial charge in [-0.05, 0) is 116 Å². The number of pyridine rings is 3. The summed E-state index contributed by atoms with van der Waals surface area (Å²) in [5.74, 6) is 2.05. The van der Waals surface area contributed by atoms with Gasteiger partial charge in [0.1, 0.15) is 6.10 Å². The Morgan fingerprint density at radius 1 is 0.600 bits per heavy atom. The Labute approximate surface area is 391 Å². The topological polar surface area (TPSA) is 74.0 Å². The molecule has 0 amide bonds.